The van der Waals surface area contributed by atoms with Crippen LogP contribution in [-0.4, -0.2) is 10.8 Å². The van der Waals surface area contributed by atoms with Crippen molar-refractivity contribution >= 4 is 11.4 Å². The maximum atomic E-state index is 13.2. The number of pyridine rings is 1. The molecule has 0 saturated heterocycles. The molecular weight excluding hydrogens is 368 g/mol. The number of nitrogens with zero attached hydrogens (tertiary/aromatic N) is 1. The SMILES string of the molecule is C[C@]12CC[C@H]3[C@@H](CCC4=CC(=O)CC[C@@]43C)C1=CC=C2c1cncc(C(F)F)c1. The maximum Gasteiger partial charge on any atom is 0.265 e. The Balaban J connectivity index is 1.47. The van der Waals surface area contributed by atoms with E-state index >= 15 is 0 Å². The standard InChI is InChI=1S/C25H27F2NO/c1-24-9-7-18(29)12-17(24)3-4-19-21-6-5-20(25(21,2)10-8-22(19)24)15-11-16(23(26)27)14-28-13-15/h5-6,11-14,19,22-23H,3-4,7-10H2,1-2H3/t19-,22-,24-,25+/m0/s1. The molecule has 0 bridgehead atoms. The number of fused-ring (bicyclic) bond motifs is 5. The van der Waals surface area contributed by atoms with Gasteiger partial charge in [0.1, 0.15) is 0 Å². The molecule has 0 N–H and O–H groups in total. The highest BCUT2D eigenvalue weighted by molar-refractivity contribution is 5.91. The van der Waals surface area contributed by atoms with Crippen LogP contribution in [0.1, 0.15) is 69.9 Å². The third kappa shape index (κ3) is 2.71. The summed E-state index contributed by atoms with van der Waals surface area (Å²) < 4.78 is 26.4. The molecule has 4 aliphatic rings. The van der Waals surface area contributed by atoms with Crippen molar-refractivity contribution in [3.05, 3.63) is 59.0 Å². The minimum absolute atomic E-state index is 0.0130. The average Bonchev–Trinajstić information content (AvgIpc) is 3.06. The lowest BCUT2D eigenvalue weighted by molar-refractivity contribution is -0.116. The molecular formula is C25H27F2NO. The molecule has 152 valence electrons. The Hall–Kier alpha value is -2.10. The van der Waals surface area contributed by atoms with Crippen molar-refractivity contribution < 1.29 is 13.6 Å². The number of alkyl halides is 2. The van der Waals surface area contributed by atoms with Crippen molar-refractivity contribution in [3.63, 3.8) is 0 Å². The Morgan fingerprint density at radius 1 is 1.10 bits per heavy atom. The van der Waals surface area contributed by atoms with E-state index in [-0.39, 0.29) is 22.2 Å². The minimum Gasteiger partial charge on any atom is -0.295 e. The Morgan fingerprint density at radius 3 is 2.72 bits per heavy atom. The Bertz CT molecular complexity index is 975. The second-order valence-corrected chi connectivity index (χ2v) is 9.69. The van der Waals surface area contributed by atoms with Crippen LogP contribution < -0.4 is 0 Å². The predicted molar refractivity (Wildman–Crippen MR) is 109 cm³/mol. The predicted octanol–water partition coefficient (Wildman–Crippen LogP) is 6.46. The first-order valence-electron chi connectivity index (χ1n) is 10.7. The summed E-state index contributed by atoms with van der Waals surface area (Å²) in [6, 6.07) is 1.60. The monoisotopic (exact) mass is 395 g/mol. The van der Waals surface area contributed by atoms with Crippen molar-refractivity contribution in [3.8, 4) is 0 Å². The average molecular weight is 395 g/mol. The molecule has 0 amide bonds. The molecule has 5 rings (SSSR count). The Labute approximate surface area is 170 Å². The first kappa shape index (κ1) is 18.9. The van der Waals surface area contributed by atoms with Crippen molar-refractivity contribution in [2.45, 2.75) is 58.8 Å². The molecule has 0 aliphatic heterocycles. The molecule has 29 heavy (non-hydrogen) atoms. The summed E-state index contributed by atoms with van der Waals surface area (Å²) in [5.41, 5.74) is 4.78. The van der Waals surface area contributed by atoms with E-state index in [1.165, 1.54) is 17.3 Å². The lowest BCUT2D eigenvalue weighted by Crippen LogP contribution is -2.47. The zero-order chi connectivity index (χ0) is 20.4. The summed E-state index contributed by atoms with van der Waals surface area (Å²) in [6.45, 7) is 4.64. The molecule has 2 fully saturated rings. The van der Waals surface area contributed by atoms with Gasteiger partial charge in [-0.2, -0.15) is 0 Å². The normalized spacial score (nSPS) is 36.0. The summed E-state index contributed by atoms with van der Waals surface area (Å²) in [6.07, 6.45) is 12.6. The van der Waals surface area contributed by atoms with E-state index in [0.717, 1.165) is 43.2 Å². The van der Waals surface area contributed by atoms with Gasteiger partial charge in [-0.25, -0.2) is 8.78 Å². The first-order valence-corrected chi connectivity index (χ1v) is 10.7. The quantitative estimate of drug-likeness (QED) is 0.575. The molecule has 1 aromatic heterocycles. The number of halogens is 2. The third-order valence-corrected chi connectivity index (χ3v) is 8.33. The fourth-order valence-electron chi connectivity index (χ4n) is 6.70. The third-order valence-electron chi connectivity index (χ3n) is 8.33. The molecule has 4 heteroatoms. The molecule has 2 saturated carbocycles. The van der Waals surface area contributed by atoms with E-state index < -0.39 is 6.43 Å². The van der Waals surface area contributed by atoms with E-state index in [1.807, 2.05) is 6.08 Å². The van der Waals surface area contributed by atoms with Crippen LogP contribution in [0.5, 0.6) is 0 Å². The highest BCUT2D eigenvalue weighted by Gasteiger charge is 2.54. The van der Waals surface area contributed by atoms with E-state index in [4.69, 9.17) is 0 Å². The van der Waals surface area contributed by atoms with Gasteiger partial charge >= 0.3 is 0 Å². The topological polar surface area (TPSA) is 30.0 Å². The van der Waals surface area contributed by atoms with Crippen LogP contribution in [0.15, 0.2) is 47.8 Å². The van der Waals surface area contributed by atoms with E-state index in [2.05, 4.69) is 31.0 Å². The highest BCUT2D eigenvalue weighted by Crippen LogP contribution is 2.65. The van der Waals surface area contributed by atoms with Crippen LogP contribution in [0.4, 0.5) is 8.78 Å². The zero-order valence-corrected chi connectivity index (χ0v) is 17.1. The van der Waals surface area contributed by atoms with Gasteiger partial charge in [0.15, 0.2) is 5.78 Å². The summed E-state index contributed by atoms with van der Waals surface area (Å²) in [7, 11) is 0. The molecule has 1 aromatic rings. The fourth-order valence-corrected chi connectivity index (χ4v) is 6.70. The first-order chi connectivity index (χ1) is 13.8. The number of hydrogen-bond donors (Lipinski definition) is 0. The van der Waals surface area contributed by atoms with Gasteiger partial charge in [0.25, 0.3) is 6.43 Å². The molecule has 4 atom stereocenters. The highest BCUT2D eigenvalue weighted by atomic mass is 19.3. The van der Waals surface area contributed by atoms with Gasteiger partial charge in [-0.15, -0.1) is 0 Å². The van der Waals surface area contributed by atoms with Gasteiger partial charge in [-0.3, -0.25) is 9.78 Å². The second-order valence-electron chi connectivity index (χ2n) is 9.69. The number of carbonyl (C=O) groups is 1. The number of ketones is 1. The van der Waals surface area contributed by atoms with Gasteiger partial charge in [0, 0.05) is 29.8 Å². The van der Waals surface area contributed by atoms with E-state index in [9.17, 15) is 13.6 Å². The van der Waals surface area contributed by atoms with Gasteiger partial charge in [0.05, 0.1) is 0 Å². The van der Waals surface area contributed by atoms with Gasteiger partial charge < -0.3 is 0 Å². The van der Waals surface area contributed by atoms with Crippen molar-refractivity contribution in [1.82, 2.24) is 4.98 Å². The molecule has 0 spiro atoms. The van der Waals surface area contributed by atoms with Crippen LogP contribution in [0.3, 0.4) is 0 Å². The van der Waals surface area contributed by atoms with Crippen LogP contribution in [0.25, 0.3) is 5.57 Å². The van der Waals surface area contributed by atoms with Crippen LogP contribution in [0, 0.1) is 22.7 Å². The van der Waals surface area contributed by atoms with E-state index in [0.29, 0.717) is 18.3 Å². The van der Waals surface area contributed by atoms with E-state index in [1.54, 1.807) is 12.3 Å². The number of rotatable bonds is 2. The number of allylic oxidation sites excluding steroid dienone is 6. The lowest BCUT2D eigenvalue weighted by atomic mass is 9.48. The molecule has 4 aliphatic carbocycles. The van der Waals surface area contributed by atoms with Crippen LogP contribution in [-0.2, 0) is 4.79 Å². The smallest absolute Gasteiger partial charge is 0.265 e. The summed E-state index contributed by atoms with van der Waals surface area (Å²) in [4.78, 5) is 16.1. The fraction of sp³-hybridized carbons (Fsp3) is 0.520. The molecule has 0 unspecified atom stereocenters. The zero-order valence-electron chi connectivity index (χ0n) is 17.1. The van der Waals surface area contributed by atoms with Gasteiger partial charge in [-0.05, 0) is 72.6 Å². The maximum absolute atomic E-state index is 13.2. The summed E-state index contributed by atoms with van der Waals surface area (Å²) in [5, 5.41) is 0. The van der Waals surface area contributed by atoms with Crippen molar-refractivity contribution in [1.29, 1.82) is 0 Å². The van der Waals surface area contributed by atoms with Gasteiger partial charge in [0.2, 0.25) is 0 Å². The largest absolute Gasteiger partial charge is 0.295 e. The number of aromatic nitrogens is 1. The number of hydrogen-bond acceptors (Lipinski definition) is 2. The molecule has 0 aromatic carbocycles. The number of carbonyl (C=O) groups excluding carboxylic acids is 1. The molecule has 2 nitrogen and oxygen atoms in total. The van der Waals surface area contributed by atoms with Crippen LogP contribution in [0.2, 0.25) is 0 Å². The van der Waals surface area contributed by atoms with Crippen molar-refractivity contribution in [2.75, 3.05) is 0 Å². The minimum atomic E-state index is -2.50. The summed E-state index contributed by atoms with van der Waals surface area (Å²) >= 11 is 0. The lowest BCUT2D eigenvalue weighted by Gasteiger charge is -2.56. The van der Waals surface area contributed by atoms with Crippen LogP contribution >= 0.6 is 0 Å². The summed E-state index contributed by atoms with van der Waals surface area (Å²) in [5.74, 6) is 1.35. The second kappa shape index (κ2) is 6.45. The Kier molecular flexibility index (Phi) is 4.20. The Morgan fingerprint density at radius 2 is 1.93 bits per heavy atom. The van der Waals surface area contributed by atoms with Crippen molar-refractivity contribution in [2.24, 2.45) is 22.7 Å². The molecule has 1 heterocycles. The molecule has 0 radical (unpaired) electrons. The van der Waals surface area contributed by atoms with Gasteiger partial charge in [-0.1, -0.05) is 37.1 Å².